The van der Waals surface area contributed by atoms with Crippen molar-refractivity contribution in [2.75, 3.05) is 60.1 Å². The number of cyclic esters (lactones) is 1. The van der Waals surface area contributed by atoms with Crippen molar-refractivity contribution in [3.8, 4) is 0 Å². The molecule has 1 amide bonds. The predicted octanol–water partition coefficient (Wildman–Crippen LogP) is 2.03. The molecule has 1 aromatic carbocycles. The maximum atomic E-state index is 14.5. The molecule has 2 heterocycles. The largest absolute Gasteiger partial charge is 0.441 e. The molecule has 1 aromatic rings. The van der Waals surface area contributed by atoms with Crippen LogP contribution in [-0.2, 0) is 4.74 Å². The number of hydrogen-bond acceptors (Lipinski definition) is 4. The van der Waals surface area contributed by atoms with E-state index in [1.165, 1.54) is 11.0 Å². The number of hydrogen-bond donors (Lipinski definition) is 1. The second-order valence-electron chi connectivity index (χ2n) is 6.60. The summed E-state index contributed by atoms with van der Waals surface area (Å²) in [7, 11) is -0.531. The average Bonchev–Trinajstić information content (AvgIpc) is 2.89. The number of aliphatic hydroxyl groups excluding tert-OH is 1. The minimum absolute atomic E-state index is 0.227. The van der Waals surface area contributed by atoms with Crippen LogP contribution in [0.1, 0.15) is 0 Å². The number of benzene rings is 1. The van der Waals surface area contributed by atoms with Gasteiger partial charge in [0.2, 0.25) is 0 Å². The SMILES string of the molecule is CS1(C)CCN(c2ccc(N3CC(CO)OC3=O)cc2F)CC1. The Morgan fingerprint density at radius 1 is 1.35 bits per heavy atom. The van der Waals surface area contributed by atoms with E-state index in [0.717, 1.165) is 24.6 Å². The van der Waals surface area contributed by atoms with Gasteiger partial charge in [0.1, 0.15) is 11.9 Å². The van der Waals surface area contributed by atoms with Crippen LogP contribution in [0.15, 0.2) is 18.2 Å². The lowest BCUT2D eigenvalue weighted by atomic mass is 10.2. The van der Waals surface area contributed by atoms with Crippen molar-refractivity contribution in [3.63, 3.8) is 0 Å². The van der Waals surface area contributed by atoms with E-state index in [1.807, 2.05) is 0 Å². The number of aliphatic hydroxyl groups is 1. The zero-order valence-corrected chi connectivity index (χ0v) is 14.3. The van der Waals surface area contributed by atoms with Crippen LogP contribution in [0.5, 0.6) is 0 Å². The molecular weight excluding hydrogens is 319 g/mol. The number of anilines is 2. The number of carbonyl (C=O) groups excluding carboxylic acids is 1. The summed E-state index contributed by atoms with van der Waals surface area (Å²) in [5.74, 6) is 1.91. The highest BCUT2D eigenvalue weighted by Gasteiger charge is 2.32. The molecule has 0 aromatic heterocycles. The minimum atomic E-state index is -0.544. The van der Waals surface area contributed by atoms with E-state index in [1.54, 1.807) is 12.1 Å². The molecule has 2 saturated heterocycles. The fourth-order valence-corrected chi connectivity index (χ4v) is 4.55. The molecule has 0 aliphatic carbocycles. The van der Waals surface area contributed by atoms with Gasteiger partial charge in [-0.1, -0.05) is 0 Å². The minimum Gasteiger partial charge on any atom is -0.441 e. The quantitative estimate of drug-likeness (QED) is 0.913. The number of halogens is 1. The molecule has 2 fully saturated rings. The van der Waals surface area contributed by atoms with E-state index in [-0.39, 0.29) is 19.0 Å². The smallest absolute Gasteiger partial charge is 0.414 e. The highest BCUT2D eigenvalue weighted by molar-refractivity contribution is 8.32. The molecule has 7 heteroatoms. The van der Waals surface area contributed by atoms with Gasteiger partial charge in [0.15, 0.2) is 0 Å². The summed E-state index contributed by atoms with van der Waals surface area (Å²) in [5.41, 5.74) is 1.06. The molecule has 128 valence electrons. The Labute approximate surface area is 137 Å². The zero-order chi connectivity index (χ0) is 16.6. The Balaban J connectivity index is 1.75. The highest BCUT2D eigenvalue weighted by Crippen LogP contribution is 2.42. The summed E-state index contributed by atoms with van der Waals surface area (Å²) in [5, 5.41) is 9.08. The molecule has 1 N–H and O–H groups in total. The maximum Gasteiger partial charge on any atom is 0.414 e. The fourth-order valence-electron chi connectivity index (χ4n) is 2.92. The molecular formula is C16H23FN2O3S. The number of amides is 1. The topological polar surface area (TPSA) is 53.0 Å². The highest BCUT2D eigenvalue weighted by atomic mass is 32.3. The molecule has 0 spiro atoms. The first-order chi connectivity index (χ1) is 10.9. The Bertz CT molecular complexity index is 601. The maximum absolute atomic E-state index is 14.5. The average molecular weight is 342 g/mol. The molecule has 0 bridgehead atoms. The molecule has 23 heavy (non-hydrogen) atoms. The molecule has 0 saturated carbocycles. The first kappa shape index (κ1) is 16.4. The van der Waals surface area contributed by atoms with E-state index in [9.17, 15) is 9.18 Å². The van der Waals surface area contributed by atoms with Crippen LogP contribution in [0.3, 0.4) is 0 Å². The van der Waals surface area contributed by atoms with Crippen molar-refractivity contribution in [1.29, 1.82) is 0 Å². The lowest BCUT2D eigenvalue weighted by Crippen LogP contribution is -2.38. The predicted molar refractivity (Wildman–Crippen MR) is 92.5 cm³/mol. The van der Waals surface area contributed by atoms with Crippen molar-refractivity contribution in [2.24, 2.45) is 0 Å². The van der Waals surface area contributed by atoms with Crippen molar-refractivity contribution in [3.05, 3.63) is 24.0 Å². The summed E-state index contributed by atoms with van der Waals surface area (Å²) in [6, 6.07) is 4.85. The normalized spacial score (nSPS) is 25.4. The van der Waals surface area contributed by atoms with Gasteiger partial charge in [0, 0.05) is 13.1 Å². The van der Waals surface area contributed by atoms with E-state index < -0.39 is 22.2 Å². The Hall–Kier alpha value is -1.47. The Kier molecular flexibility index (Phi) is 4.42. The molecule has 0 radical (unpaired) electrons. The second-order valence-corrected chi connectivity index (χ2v) is 10.9. The Morgan fingerprint density at radius 2 is 2.04 bits per heavy atom. The summed E-state index contributed by atoms with van der Waals surface area (Å²) in [6.45, 7) is 1.76. The van der Waals surface area contributed by atoms with Crippen LogP contribution in [0.25, 0.3) is 0 Å². The summed E-state index contributed by atoms with van der Waals surface area (Å²) in [4.78, 5) is 15.2. The molecule has 2 aliphatic rings. The van der Waals surface area contributed by atoms with Gasteiger partial charge in [-0.3, -0.25) is 4.90 Å². The van der Waals surface area contributed by atoms with Crippen LogP contribution in [0.4, 0.5) is 20.6 Å². The number of ether oxygens (including phenoxy) is 1. The van der Waals surface area contributed by atoms with Gasteiger partial charge in [0.25, 0.3) is 0 Å². The van der Waals surface area contributed by atoms with Crippen LogP contribution in [0, 0.1) is 5.82 Å². The first-order valence-corrected chi connectivity index (χ1v) is 10.5. The third-order valence-electron chi connectivity index (χ3n) is 4.49. The van der Waals surface area contributed by atoms with Crippen LogP contribution in [0.2, 0.25) is 0 Å². The van der Waals surface area contributed by atoms with E-state index >= 15 is 0 Å². The van der Waals surface area contributed by atoms with Crippen molar-refractivity contribution < 1.29 is 19.0 Å². The van der Waals surface area contributed by atoms with Crippen LogP contribution in [-0.4, -0.2) is 67.6 Å². The first-order valence-electron chi connectivity index (χ1n) is 7.72. The number of nitrogens with zero attached hydrogens (tertiary/aromatic N) is 2. The molecule has 1 unspecified atom stereocenters. The molecule has 2 aliphatic heterocycles. The van der Waals surface area contributed by atoms with Gasteiger partial charge in [-0.15, -0.1) is 0 Å². The van der Waals surface area contributed by atoms with Gasteiger partial charge >= 0.3 is 6.09 Å². The lowest BCUT2D eigenvalue weighted by Gasteiger charge is -2.42. The number of rotatable bonds is 3. The molecule has 1 atom stereocenters. The van der Waals surface area contributed by atoms with Crippen molar-refractivity contribution in [2.45, 2.75) is 6.10 Å². The van der Waals surface area contributed by atoms with Gasteiger partial charge in [-0.2, -0.15) is 0 Å². The Morgan fingerprint density at radius 3 is 2.61 bits per heavy atom. The third kappa shape index (κ3) is 3.40. The summed E-state index contributed by atoms with van der Waals surface area (Å²) < 4.78 is 19.5. The van der Waals surface area contributed by atoms with Gasteiger partial charge in [-0.25, -0.2) is 19.2 Å². The summed E-state index contributed by atoms with van der Waals surface area (Å²) >= 11 is 0. The fraction of sp³-hybridized carbons (Fsp3) is 0.562. The lowest BCUT2D eigenvalue weighted by molar-refractivity contribution is 0.0963. The van der Waals surface area contributed by atoms with E-state index in [0.29, 0.717) is 11.4 Å². The standard InChI is InChI=1S/C16H23FN2O3S/c1-23(2)7-5-18(6-8-23)15-4-3-12(9-14(15)17)19-10-13(11-20)22-16(19)21/h3-4,9,13,20H,5-8,10-11H2,1-2H3. The van der Waals surface area contributed by atoms with Gasteiger partial charge in [0.05, 0.1) is 24.5 Å². The monoisotopic (exact) mass is 342 g/mol. The van der Waals surface area contributed by atoms with E-state index in [4.69, 9.17) is 9.84 Å². The molecule has 5 nitrogen and oxygen atoms in total. The number of carbonyl (C=O) groups is 1. The summed E-state index contributed by atoms with van der Waals surface area (Å²) in [6.07, 6.45) is 3.55. The zero-order valence-electron chi connectivity index (χ0n) is 13.5. The van der Waals surface area contributed by atoms with Crippen LogP contribution >= 0.6 is 10.0 Å². The third-order valence-corrected chi connectivity index (χ3v) is 7.06. The van der Waals surface area contributed by atoms with Gasteiger partial charge < -0.3 is 14.7 Å². The molecule has 3 rings (SSSR count). The van der Waals surface area contributed by atoms with Crippen molar-refractivity contribution >= 4 is 27.5 Å². The van der Waals surface area contributed by atoms with E-state index in [2.05, 4.69) is 17.4 Å². The second kappa shape index (κ2) is 6.20. The van der Waals surface area contributed by atoms with Crippen molar-refractivity contribution in [1.82, 2.24) is 0 Å². The van der Waals surface area contributed by atoms with Gasteiger partial charge in [-0.05, 0) is 42.2 Å². The van der Waals surface area contributed by atoms with Crippen LogP contribution < -0.4 is 9.80 Å².